The van der Waals surface area contributed by atoms with Crippen molar-refractivity contribution in [2.45, 2.75) is 13.1 Å². The molecule has 2 amide bonds. The molecule has 6 heteroatoms. The van der Waals surface area contributed by atoms with Crippen molar-refractivity contribution in [3.8, 4) is 11.1 Å². The molecule has 4 aromatic rings. The fourth-order valence-corrected chi connectivity index (χ4v) is 4.02. The van der Waals surface area contributed by atoms with Crippen LogP contribution < -0.4 is 4.90 Å². The average Bonchev–Trinajstić information content (AvgIpc) is 3.46. The van der Waals surface area contributed by atoms with Gasteiger partial charge in [0.1, 0.15) is 6.54 Å². The molecule has 0 radical (unpaired) electrons. The Kier molecular flexibility index (Phi) is 5.25. The van der Waals surface area contributed by atoms with Crippen LogP contribution in [0, 0.1) is 0 Å². The molecule has 0 spiro atoms. The Morgan fingerprint density at radius 1 is 0.938 bits per heavy atom. The molecule has 158 valence electrons. The van der Waals surface area contributed by atoms with Gasteiger partial charge in [0.25, 0.3) is 5.91 Å². The SMILES string of the molecule is O=C1c2ccccc2CN1CC(=O)N(Cc1cnc[nH]1)c1ccc(-c2ccccc2)cc1. The highest BCUT2D eigenvalue weighted by molar-refractivity contribution is 6.02. The number of carbonyl (C=O) groups is 2. The van der Waals surface area contributed by atoms with E-state index in [2.05, 4.69) is 22.1 Å². The molecule has 0 aliphatic carbocycles. The van der Waals surface area contributed by atoms with Crippen LogP contribution in [0.4, 0.5) is 5.69 Å². The highest BCUT2D eigenvalue weighted by Gasteiger charge is 2.30. The van der Waals surface area contributed by atoms with E-state index >= 15 is 0 Å². The number of nitrogens with one attached hydrogen (secondary N) is 1. The number of carbonyl (C=O) groups excluding carboxylic acids is 2. The van der Waals surface area contributed by atoms with Gasteiger partial charge in [0.15, 0.2) is 0 Å². The van der Waals surface area contributed by atoms with E-state index in [0.29, 0.717) is 18.7 Å². The second kappa shape index (κ2) is 8.51. The molecule has 0 unspecified atom stereocenters. The number of amides is 2. The van der Waals surface area contributed by atoms with Crippen LogP contribution in [0.3, 0.4) is 0 Å². The minimum absolute atomic E-state index is 0.0160. The van der Waals surface area contributed by atoms with Gasteiger partial charge >= 0.3 is 0 Å². The maximum absolute atomic E-state index is 13.4. The average molecular weight is 422 g/mol. The fourth-order valence-electron chi connectivity index (χ4n) is 4.02. The first-order valence-electron chi connectivity index (χ1n) is 10.5. The summed E-state index contributed by atoms with van der Waals surface area (Å²) in [6.07, 6.45) is 3.30. The lowest BCUT2D eigenvalue weighted by atomic mass is 10.1. The number of benzene rings is 3. The number of imidazole rings is 1. The van der Waals surface area contributed by atoms with Crippen LogP contribution in [0.5, 0.6) is 0 Å². The first-order chi connectivity index (χ1) is 15.7. The van der Waals surface area contributed by atoms with Crippen LogP contribution in [0.25, 0.3) is 11.1 Å². The van der Waals surface area contributed by atoms with Gasteiger partial charge in [-0.05, 0) is 34.9 Å². The maximum Gasteiger partial charge on any atom is 0.254 e. The summed E-state index contributed by atoms with van der Waals surface area (Å²) in [6.45, 7) is 0.812. The van der Waals surface area contributed by atoms with E-state index in [1.807, 2.05) is 66.7 Å². The molecule has 6 nitrogen and oxygen atoms in total. The summed E-state index contributed by atoms with van der Waals surface area (Å²) in [5, 5.41) is 0. The Morgan fingerprint density at radius 3 is 2.38 bits per heavy atom. The van der Waals surface area contributed by atoms with E-state index in [4.69, 9.17) is 0 Å². The highest BCUT2D eigenvalue weighted by Crippen LogP contribution is 2.26. The lowest BCUT2D eigenvalue weighted by molar-refractivity contribution is -0.119. The molecule has 3 aromatic carbocycles. The van der Waals surface area contributed by atoms with E-state index in [-0.39, 0.29) is 18.4 Å². The van der Waals surface area contributed by atoms with Gasteiger partial charge < -0.3 is 14.8 Å². The summed E-state index contributed by atoms with van der Waals surface area (Å²) in [7, 11) is 0. The van der Waals surface area contributed by atoms with E-state index in [0.717, 1.165) is 28.1 Å². The maximum atomic E-state index is 13.4. The van der Waals surface area contributed by atoms with Crippen LogP contribution in [-0.2, 0) is 17.9 Å². The van der Waals surface area contributed by atoms with Crippen molar-refractivity contribution in [1.82, 2.24) is 14.9 Å². The molecule has 5 rings (SSSR count). The normalized spacial score (nSPS) is 12.6. The molecular weight excluding hydrogens is 400 g/mol. The van der Waals surface area contributed by atoms with Crippen molar-refractivity contribution in [3.05, 3.63) is 108 Å². The number of hydrogen-bond donors (Lipinski definition) is 1. The molecule has 1 aliphatic heterocycles. The summed E-state index contributed by atoms with van der Waals surface area (Å²) in [5.41, 5.74) is 5.42. The van der Waals surface area contributed by atoms with Crippen LogP contribution in [0.1, 0.15) is 21.6 Å². The third-order valence-electron chi connectivity index (χ3n) is 5.69. The van der Waals surface area contributed by atoms with Crippen LogP contribution in [0.15, 0.2) is 91.4 Å². The zero-order chi connectivity index (χ0) is 21.9. The van der Waals surface area contributed by atoms with Crippen LogP contribution in [0.2, 0.25) is 0 Å². The minimum atomic E-state index is -0.145. The summed E-state index contributed by atoms with van der Waals surface area (Å²) in [4.78, 5) is 36.5. The molecule has 0 saturated carbocycles. The Morgan fingerprint density at radius 2 is 1.66 bits per heavy atom. The number of rotatable bonds is 6. The highest BCUT2D eigenvalue weighted by atomic mass is 16.2. The van der Waals surface area contributed by atoms with Gasteiger partial charge in [-0.1, -0.05) is 60.7 Å². The number of fused-ring (bicyclic) bond motifs is 1. The molecule has 1 aromatic heterocycles. The summed E-state index contributed by atoms with van der Waals surface area (Å²) < 4.78 is 0. The number of aromatic nitrogens is 2. The van der Waals surface area contributed by atoms with Gasteiger partial charge in [-0.3, -0.25) is 9.59 Å². The number of aromatic amines is 1. The van der Waals surface area contributed by atoms with Gasteiger partial charge in [-0.2, -0.15) is 0 Å². The molecule has 2 heterocycles. The topological polar surface area (TPSA) is 69.3 Å². The third-order valence-corrected chi connectivity index (χ3v) is 5.69. The standard InChI is InChI=1S/C26H22N4O2/c31-25(17-29-15-21-8-4-5-9-24(21)26(29)32)30(16-22-14-27-18-28-22)23-12-10-20(11-13-23)19-6-2-1-3-7-19/h1-14,18H,15-17H2,(H,27,28). The predicted molar refractivity (Wildman–Crippen MR) is 123 cm³/mol. The zero-order valence-corrected chi connectivity index (χ0v) is 17.4. The van der Waals surface area contributed by atoms with Gasteiger partial charge in [0, 0.05) is 24.0 Å². The molecule has 0 fully saturated rings. The summed E-state index contributed by atoms with van der Waals surface area (Å²) in [6, 6.07) is 25.5. The van der Waals surface area contributed by atoms with Gasteiger partial charge in [0.05, 0.1) is 18.6 Å². The summed E-state index contributed by atoms with van der Waals surface area (Å²) >= 11 is 0. The van der Waals surface area contributed by atoms with Gasteiger partial charge in [-0.15, -0.1) is 0 Å². The van der Waals surface area contributed by atoms with E-state index in [9.17, 15) is 9.59 Å². The van der Waals surface area contributed by atoms with Crippen molar-refractivity contribution in [1.29, 1.82) is 0 Å². The first-order valence-corrected chi connectivity index (χ1v) is 10.5. The smallest absolute Gasteiger partial charge is 0.254 e. The third kappa shape index (κ3) is 3.90. The van der Waals surface area contributed by atoms with Crippen LogP contribution >= 0.6 is 0 Å². The second-order valence-corrected chi connectivity index (χ2v) is 7.79. The monoisotopic (exact) mass is 422 g/mol. The number of H-pyrrole nitrogens is 1. The zero-order valence-electron chi connectivity index (χ0n) is 17.4. The fraction of sp³-hybridized carbons (Fsp3) is 0.115. The Balaban J connectivity index is 1.39. The lowest BCUT2D eigenvalue weighted by Gasteiger charge is -2.25. The molecule has 32 heavy (non-hydrogen) atoms. The number of anilines is 1. The van der Waals surface area contributed by atoms with Crippen molar-refractivity contribution >= 4 is 17.5 Å². The number of hydrogen-bond acceptors (Lipinski definition) is 3. The Labute approximate surface area is 186 Å². The second-order valence-electron chi connectivity index (χ2n) is 7.79. The van der Waals surface area contributed by atoms with E-state index in [1.54, 1.807) is 22.3 Å². The van der Waals surface area contributed by atoms with Crippen molar-refractivity contribution < 1.29 is 9.59 Å². The van der Waals surface area contributed by atoms with Crippen molar-refractivity contribution in [2.24, 2.45) is 0 Å². The molecule has 1 N–H and O–H groups in total. The first kappa shape index (κ1) is 19.8. The summed E-state index contributed by atoms with van der Waals surface area (Å²) in [5.74, 6) is -0.247. The quantitative estimate of drug-likeness (QED) is 0.505. The van der Waals surface area contributed by atoms with Gasteiger partial charge in [-0.25, -0.2) is 4.98 Å². The molecule has 0 atom stereocenters. The predicted octanol–water partition coefficient (Wildman–Crippen LogP) is 4.27. The molecule has 0 bridgehead atoms. The molecular formula is C26H22N4O2. The molecule has 0 saturated heterocycles. The van der Waals surface area contributed by atoms with Crippen molar-refractivity contribution in [3.63, 3.8) is 0 Å². The lowest BCUT2D eigenvalue weighted by Crippen LogP contribution is -2.40. The number of nitrogens with zero attached hydrogens (tertiary/aromatic N) is 3. The Hall–Kier alpha value is -4.19. The van der Waals surface area contributed by atoms with Crippen molar-refractivity contribution in [2.75, 3.05) is 11.4 Å². The minimum Gasteiger partial charge on any atom is -0.347 e. The largest absolute Gasteiger partial charge is 0.347 e. The van der Waals surface area contributed by atoms with Gasteiger partial charge in [0.2, 0.25) is 5.91 Å². The van der Waals surface area contributed by atoms with E-state index < -0.39 is 0 Å². The Bertz CT molecular complexity index is 1230. The van der Waals surface area contributed by atoms with E-state index in [1.165, 1.54) is 0 Å². The molecule has 1 aliphatic rings. The van der Waals surface area contributed by atoms with Crippen LogP contribution in [-0.4, -0.2) is 33.2 Å².